The van der Waals surface area contributed by atoms with E-state index in [0.717, 1.165) is 10.6 Å². The van der Waals surface area contributed by atoms with Crippen molar-refractivity contribution < 1.29 is 17.9 Å². The SMILES string of the molecule is O=C(Nc1nc(-c2cccs2)cs1)c1ccc(Cl)c(S(=O)(=O)N2CCOCC2)c1. The monoisotopic (exact) mass is 469 g/mol. The van der Waals surface area contributed by atoms with Gasteiger partial charge in [0.15, 0.2) is 5.13 Å². The molecule has 0 atom stereocenters. The molecule has 1 aliphatic rings. The first-order valence-corrected chi connectivity index (χ1v) is 12.2. The number of thiophene rings is 1. The molecule has 0 bridgehead atoms. The summed E-state index contributed by atoms with van der Waals surface area (Å²) < 4.78 is 32.4. The molecule has 0 saturated carbocycles. The Kier molecular flexibility index (Phi) is 6.00. The number of sulfonamides is 1. The maximum atomic E-state index is 12.9. The molecule has 1 saturated heterocycles. The summed E-state index contributed by atoms with van der Waals surface area (Å²) in [6.07, 6.45) is 0. The van der Waals surface area contributed by atoms with Gasteiger partial charge in [0.25, 0.3) is 5.91 Å². The number of hydrogen-bond donors (Lipinski definition) is 1. The maximum Gasteiger partial charge on any atom is 0.257 e. The van der Waals surface area contributed by atoms with Gasteiger partial charge in [0.2, 0.25) is 10.0 Å². The summed E-state index contributed by atoms with van der Waals surface area (Å²) in [6, 6.07) is 8.10. The van der Waals surface area contributed by atoms with Gasteiger partial charge in [0, 0.05) is 24.0 Å². The molecule has 1 aromatic carbocycles. The van der Waals surface area contributed by atoms with Crippen LogP contribution in [0, 0.1) is 0 Å². The topological polar surface area (TPSA) is 88.6 Å². The second kappa shape index (κ2) is 8.50. The highest BCUT2D eigenvalue weighted by Gasteiger charge is 2.29. The predicted octanol–water partition coefficient (Wildman–Crippen LogP) is 3.80. The first-order valence-electron chi connectivity index (χ1n) is 8.63. The molecule has 3 aromatic rings. The van der Waals surface area contributed by atoms with Crippen LogP contribution in [0.4, 0.5) is 5.13 Å². The van der Waals surface area contributed by atoms with Crippen molar-refractivity contribution >= 4 is 55.3 Å². The summed E-state index contributed by atoms with van der Waals surface area (Å²) >= 11 is 9.01. The lowest BCUT2D eigenvalue weighted by molar-refractivity contribution is 0.0730. The average Bonchev–Trinajstić information content (AvgIpc) is 3.40. The van der Waals surface area contributed by atoms with E-state index in [2.05, 4.69) is 10.3 Å². The Balaban J connectivity index is 1.56. The van der Waals surface area contributed by atoms with Gasteiger partial charge >= 0.3 is 0 Å². The standard InChI is InChI=1S/C18H16ClN3O4S3/c19-13-4-3-12(10-16(13)29(24,25)22-5-7-26-8-6-22)17(23)21-18-20-14(11-28-18)15-2-1-9-27-15/h1-4,9-11H,5-8H2,(H,20,21,23). The molecule has 0 unspecified atom stereocenters. The van der Waals surface area contributed by atoms with Gasteiger partial charge in [-0.2, -0.15) is 4.31 Å². The molecule has 29 heavy (non-hydrogen) atoms. The highest BCUT2D eigenvalue weighted by molar-refractivity contribution is 7.89. The van der Waals surface area contributed by atoms with Crippen LogP contribution < -0.4 is 5.32 Å². The first kappa shape index (κ1) is 20.5. The number of amides is 1. The van der Waals surface area contributed by atoms with Gasteiger partial charge in [-0.25, -0.2) is 13.4 Å². The van der Waals surface area contributed by atoms with Crippen LogP contribution in [0.3, 0.4) is 0 Å². The Morgan fingerprint density at radius 1 is 1.21 bits per heavy atom. The van der Waals surface area contributed by atoms with Gasteiger partial charge in [-0.3, -0.25) is 10.1 Å². The Labute approximate surface area is 181 Å². The average molecular weight is 470 g/mol. The van der Waals surface area contributed by atoms with Crippen molar-refractivity contribution in [3.8, 4) is 10.6 Å². The molecule has 11 heteroatoms. The number of anilines is 1. The van der Waals surface area contributed by atoms with Gasteiger partial charge in [-0.1, -0.05) is 17.7 Å². The number of thiazole rings is 1. The smallest absolute Gasteiger partial charge is 0.257 e. The Hall–Kier alpha value is -1.82. The third-order valence-corrected chi connectivity index (χ3v) is 8.31. The normalized spacial score (nSPS) is 15.3. The molecule has 4 rings (SSSR count). The van der Waals surface area contributed by atoms with E-state index in [9.17, 15) is 13.2 Å². The van der Waals surface area contributed by atoms with Gasteiger partial charge in [0.05, 0.1) is 28.8 Å². The molecular formula is C18H16ClN3O4S3. The van der Waals surface area contributed by atoms with Crippen molar-refractivity contribution in [2.24, 2.45) is 0 Å². The van der Waals surface area contributed by atoms with E-state index < -0.39 is 15.9 Å². The van der Waals surface area contributed by atoms with E-state index in [-0.39, 0.29) is 28.6 Å². The summed E-state index contributed by atoms with van der Waals surface area (Å²) in [7, 11) is -3.82. The Morgan fingerprint density at radius 3 is 2.72 bits per heavy atom. The lowest BCUT2D eigenvalue weighted by atomic mass is 10.2. The third-order valence-electron chi connectivity index (χ3n) is 4.28. The van der Waals surface area contributed by atoms with Crippen LogP contribution in [0.5, 0.6) is 0 Å². The lowest BCUT2D eigenvalue weighted by Crippen LogP contribution is -2.40. The summed E-state index contributed by atoms with van der Waals surface area (Å²) in [6.45, 7) is 1.15. The van der Waals surface area contributed by atoms with E-state index in [1.54, 1.807) is 11.3 Å². The molecule has 1 amide bonds. The highest BCUT2D eigenvalue weighted by atomic mass is 35.5. The van der Waals surface area contributed by atoms with Crippen molar-refractivity contribution in [1.29, 1.82) is 0 Å². The van der Waals surface area contributed by atoms with Crippen molar-refractivity contribution in [3.05, 3.63) is 51.7 Å². The maximum absolute atomic E-state index is 12.9. The summed E-state index contributed by atoms with van der Waals surface area (Å²) in [5, 5.41) is 7.04. The van der Waals surface area contributed by atoms with Crippen LogP contribution in [0.15, 0.2) is 46.0 Å². The van der Waals surface area contributed by atoms with E-state index in [1.165, 1.54) is 33.8 Å². The second-order valence-electron chi connectivity index (χ2n) is 6.13. The highest BCUT2D eigenvalue weighted by Crippen LogP contribution is 2.30. The minimum Gasteiger partial charge on any atom is -0.379 e. The van der Waals surface area contributed by atoms with Crippen LogP contribution in [-0.4, -0.2) is 49.9 Å². The van der Waals surface area contributed by atoms with E-state index in [0.29, 0.717) is 18.3 Å². The zero-order chi connectivity index (χ0) is 20.4. The van der Waals surface area contributed by atoms with Gasteiger partial charge in [-0.15, -0.1) is 22.7 Å². The number of carbonyl (C=O) groups is 1. The minimum atomic E-state index is -3.82. The molecule has 3 heterocycles. The van der Waals surface area contributed by atoms with Crippen LogP contribution in [0.25, 0.3) is 10.6 Å². The number of rotatable bonds is 5. The number of benzene rings is 1. The van der Waals surface area contributed by atoms with Crippen molar-refractivity contribution in [2.75, 3.05) is 31.6 Å². The van der Waals surface area contributed by atoms with Crippen molar-refractivity contribution in [1.82, 2.24) is 9.29 Å². The molecular weight excluding hydrogens is 454 g/mol. The first-order chi connectivity index (χ1) is 13.9. The van der Waals surface area contributed by atoms with Crippen molar-refractivity contribution in [2.45, 2.75) is 4.90 Å². The van der Waals surface area contributed by atoms with Crippen LogP contribution in [0.1, 0.15) is 10.4 Å². The fourth-order valence-corrected chi connectivity index (χ4v) is 6.18. The number of nitrogens with one attached hydrogen (secondary N) is 1. The second-order valence-corrected chi connectivity index (χ2v) is 10.3. The number of hydrogen-bond acceptors (Lipinski definition) is 7. The third kappa shape index (κ3) is 4.37. The van der Waals surface area contributed by atoms with E-state index in [4.69, 9.17) is 16.3 Å². The molecule has 1 aliphatic heterocycles. The fraction of sp³-hybridized carbons (Fsp3) is 0.222. The van der Waals surface area contributed by atoms with Crippen molar-refractivity contribution in [3.63, 3.8) is 0 Å². The number of halogens is 1. The number of carbonyl (C=O) groups excluding carboxylic acids is 1. The number of morpholine rings is 1. The summed E-state index contributed by atoms with van der Waals surface area (Å²) in [5.74, 6) is -0.452. The van der Waals surface area contributed by atoms with Gasteiger partial charge in [0.1, 0.15) is 4.90 Å². The van der Waals surface area contributed by atoms with E-state index >= 15 is 0 Å². The molecule has 1 fully saturated rings. The molecule has 0 radical (unpaired) electrons. The lowest BCUT2D eigenvalue weighted by Gasteiger charge is -2.26. The zero-order valence-electron chi connectivity index (χ0n) is 15.0. The number of nitrogens with zero attached hydrogens (tertiary/aromatic N) is 2. The molecule has 0 aliphatic carbocycles. The molecule has 0 spiro atoms. The van der Waals surface area contributed by atoms with Gasteiger partial charge < -0.3 is 4.74 Å². The summed E-state index contributed by atoms with van der Waals surface area (Å²) in [5.41, 5.74) is 0.973. The quantitative estimate of drug-likeness (QED) is 0.614. The molecule has 7 nitrogen and oxygen atoms in total. The van der Waals surface area contributed by atoms with Crippen LogP contribution >= 0.6 is 34.3 Å². The zero-order valence-corrected chi connectivity index (χ0v) is 18.2. The van der Waals surface area contributed by atoms with Crippen LogP contribution in [0.2, 0.25) is 5.02 Å². The largest absolute Gasteiger partial charge is 0.379 e. The molecule has 2 aromatic heterocycles. The van der Waals surface area contributed by atoms with Crippen LogP contribution in [-0.2, 0) is 14.8 Å². The van der Waals surface area contributed by atoms with E-state index in [1.807, 2.05) is 22.9 Å². The Bertz CT molecular complexity index is 1120. The summed E-state index contributed by atoms with van der Waals surface area (Å²) in [4.78, 5) is 18.0. The Morgan fingerprint density at radius 2 is 2.00 bits per heavy atom. The fourth-order valence-electron chi connectivity index (χ4n) is 2.81. The molecule has 152 valence electrons. The minimum absolute atomic E-state index is 0.0715. The predicted molar refractivity (Wildman–Crippen MR) is 114 cm³/mol. The van der Waals surface area contributed by atoms with Gasteiger partial charge in [-0.05, 0) is 29.6 Å². The number of ether oxygens (including phenoxy) is 1. The molecule has 1 N–H and O–H groups in total. The number of aromatic nitrogens is 1.